The summed E-state index contributed by atoms with van der Waals surface area (Å²) in [5, 5.41) is 0. The van der Waals surface area contributed by atoms with Crippen LogP contribution in [0.4, 0.5) is 0 Å². The van der Waals surface area contributed by atoms with Gasteiger partial charge in [0.2, 0.25) is 5.91 Å². The molecule has 4 heteroatoms. The molecule has 0 N–H and O–H groups in total. The number of hydrogen-bond acceptors (Lipinski definition) is 3. The molecule has 0 aliphatic carbocycles. The van der Waals surface area contributed by atoms with E-state index >= 15 is 0 Å². The Labute approximate surface area is 212 Å². The number of carbonyl (C=O) groups is 1. The molecule has 0 spiro atoms. The van der Waals surface area contributed by atoms with Crippen molar-refractivity contribution in [3.8, 4) is 0 Å². The van der Waals surface area contributed by atoms with Gasteiger partial charge in [-0.2, -0.15) is 0 Å². The van der Waals surface area contributed by atoms with Gasteiger partial charge in [0.15, 0.2) is 6.29 Å². The van der Waals surface area contributed by atoms with Crippen molar-refractivity contribution in [3.63, 3.8) is 0 Å². The predicted molar refractivity (Wildman–Crippen MR) is 145 cm³/mol. The number of ether oxygens (including phenoxy) is 2. The van der Waals surface area contributed by atoms with E-state index in [-0.39, 0.29) is 6.29 Å². The van der Waals surface area contributed by atoms with Crippen LogP contribution in [0, 0.1) is 0 Å². The van der Waals surface area contributed by atoms with E-state index in [0.717, 1.165) is 45.6 Å². The molecule has 2 fully saturated rings. The minimum atomic E-state index is 0.116. The van der Waals surface area contributed by atoms with E-state index in [9.17, 15) is 4.79 Å². The Morgan fingerprint density at radius 3 is 1.71 bits per heavy atom. The highest BCUT2D eigenvalue weighted by molar-refractivity contribution is 5.76. The van der Waals surface area contributed by atoms with Crippen molar-refractivity contribution in [2.24, 2.45) is 0 Å². The molecule has 34 heavy (non-hydrogen) atoms. The summed E-state index contributed by atoms with van der Waals surface area (Å²) in [7, 11) is 0. The molecule has 202 valence electrons. The van der Waals surface area contributed by atoms with E-state index in [2.05, 4.69) is 18.7 Å². The summed E-state index contributed by atoms with van der Waals surface area (Å²) >= 11 is 0. The lowest BCUT2D eigenvalue weighted by Crippen LogP contribution is -2.31. The molecule has 0 aromatic rings. The average molecular weight is 482 g/mol. The van der Waals surface area contributed by atoms with Crippen LogP contribution in [0.1, 0.15) is 155 Å². The zero-order valence-electron chi connectivity index (χ0n) is 23.1. The molecular formula is C30H59NO3. The first-order valence-electron chi connectivity index (χ1n) is 15.3. The molecule has 4 nitrogen and oxygen atoms in total. The highest BCUT2D eigenvalue weighted by Crippen LogP contribution is 2.15. The van der Waals surface area contributed by atoms with Crippen LogP contribution >= 0.6 is 0 Å². The quantitative estimate of drug-likeness (QED) is 0.173. The maximum Gasteiger partial charge on any atom is 0.222 e. The van der Waals surface area contributed by atoms with E-state index < -0.39 is 0 Å². The molecule has 1 amide bonds. The van der Waals surface area contributed by atoms with Gasteiger partial charge in [-0.3, -0.25) is 4.79 Å². The van der Waals surface area contributed by atoms with Gasteiger partial charge in [0.25, 0.3) is 0 Å². The number of amides is 1. The minimum Gasteiger partial charge on any atom is -0.350 e. The fourth-order valence-electron chi connectivity index (χ4n) is 4.91. The third-order valence-corrected chi connectivity index (χ3v) is 7.19. The zero-order valence-corrected chi connectivity index (χ0v) is 23.1. The Balaban J connectivity index is 0.000000362. The molecule has 2 rings (SSSR count). The van der Waals surface area contributed by atoms with E-state index in [1.165, 1.54) is 122 Å². The summed E-state index contributed by atoms with van der Waals surface area (Å²) in [6.45, 7) is 8.14. The fraction of sp³-hybridized carbons (Fsp3) is 0.967. The first kappa shape index (κ1) is 31.4. The van der Waals surface area contributed by atoms with E-state index in [1.807, 2.05) is 0 Å². The summed E-state index contributed by atoms with van der Waals surface area (Å²) in [5.74, 6) is 0.401. The Bertz CT molecular complexity index is 437. The van der Waals surface area contributed by atoms with E-state index in [0.29, 0.717) is 5.91 Å². The van der Waals surface area contributed by atoms with Gasteiger partial charge in [-0.1, -0.05) is 117 Å². The van der Waals surface area contributed by atoms with Crippen molar-refractivity contribution in [2.45, 2.75) is 161 Å². The molecule has 0 radical (unpaired) electrons. The van der Waals surface area contributed by atoms with Crippen LogP contribution in [0.3, 0.4) is 0 Å². The smallest absolute Gasteiger partial charge is 0.222 e. The van der Waals surface area contributed by atoms with Crippen LogP contribution in [-0.2, 0) is 14.3 Å². The van der Waals surface area contributed by atoms with Gasteiger partial charge >= 0.3 is 0 Å². The number of unbranched alkanes of at least 4 members (excludes halogenated alkanes) is 15. The predicted octanol–water partition coefficient (Wildman–Crippen LogP) is 8.81. The first-order chi connectivity index (χ1) is 16.8. The second-order valence-corrected chi connectivity index (χ2v) is 10.5. The number of likely N-dealkylation sites (tertiary alicyclic amines) is 1. The zero-order chi connectivity index (χ0) is 24.5. The van der Waals surface area contributed by atoms with Crippen molar-refractivity contribution >= 4 is 5.91 Å². The summed E-state index contributed by atoms with van der Waals surface area (Å²) in [6, 6.07) is 0. The average Bonchev–Trinajstić information content (AvgIpc) is 3.28. The number of rotatable bonds is 19. The lowest BCUT2D eigenvalue weighted by atomic mass is 10.1. The summed E-state index contributed by atoms with van der Waals surface area (Å²) < 4.78 is 10.8. The Morgan fingerprint density at radius 2 is 1.15 bits per heavy atom. The fourth-order valence-corrected chi connectivity index (χ4v) is 4.91. The van der Waals surface area contributed by atoms with Crippen LogP contribution in [-0.4, -0.2) is 43.4 Å². The van der Waals surface area contributed by atoms with Gasteiger partial charge in [0.1, 0.15) is 0 Å². The van der Waals surface area contributed by atoms with Crippen molar-refractivity contribution in [3.05, 3.63) is 0 Å². The standard InChI is InChI=1S/C18H35NO.C12H24O2/c1-2-3-4-5-6-7-8-9-10-13-16-19-17-14-11-12-15-18(19)20;1-2-3-4-5-6-7-8-9-12-13-10-11-14-12/h2-17H2,1H3;12H,2-11H2,1H3. The highest BCUT2D eigenvalue weighted by Gasteiger charge is 2.15. The topological polar surface area (TPSA) is 38.8 Å². The van der Waals surface area contributed by atoms with Gasteiger partial charge in [-0.05, 0) is 32.1 Å². The molecule has 0 bridgehead atoms. The molecule has 2 aliphatic rings. The van der Waals surface area contributed by atoms with Crippen molar-refractivity contribution in [1.29, 1.82) is 0 Å². The number of nitrogens with zero attached hydrogens (tertiary/aromatic N) is 1. The maximum atomic E-state index is 11.8. The molecule has 2 saturated heterocycles. The Kier molecular flexibility index (Phi) is 22.3. The largest absolute Gasteiger partial charge is 0.350 e. The molecule has 0 saturated carbocycles. The van der Waals surface area contributed by atoms with Gasteiger partial charge in [-0.15, -0.1) is 0 Å². The lowest BCUT2D eigenvalue weighted by molar-refractivity contribution is -0.130. The van der Waals surface area contributed by atoms with Crippen molar-refractivity contribution < 1.29 is 14.3 Å². The van der Waals surface area contributed by atoms with Crippen LogP contribution in [0.15, 0.2) is 0 Å². The molecule has 0 unspecified atom stereocenters. The summed E-state index contributed by atoms with van der Waals surface area (Å²) in [5.41, 5.74) is 0. The van der Waals surface area contributed by atoms with Crippen LogP contribution in [0.5, 0.6) is 0 Å². The van der Waals surface area contributed by atoms with Gasteiger partial charge in [0.05, 0.1) is 13.2 Å². The normalized spacial score (nSPS) is 17.0. The highest BCUT2D eigenvalue weighted by atomic mass is 16.7. The van der Waals surface area contributed by atoms with Gasteiger partial charge in [0, 0.05) is 19.5 Å². The Hall–Kier alpha value is -0.610. The maximum absolute atomic E-state index is 11.8. The first-order valence-corrected chi connectivity index (χ1v) is 15.3. The molecule has 2 heterocycles. The van der Waals surface area contributed by atoms with Gasteiger partial charge in [-0.25, -0.2) is 0 Å². The van der Waals surface area contributed by atoms with Crippen LogP contribution in [0.25, 0.3) is 0 Å². The number of carbonyl (C=O) groups excluding carboxylic acids is 1. The molecule has 2 aliphatic heterocycles. The second-order valence-electron chi connectivity index (χ2n) is 10.5. The molecular weight excluding hydrogens is 422 g/mol. The van der Waals surface area contributed by atoms with Crippen molar-refractivity contribution in [1.82, 2.24) is 4.90 Å². The molecule has 0 aromatic heterocycles. The monoisotopic (exact) mass is 481 g/mol. The Morgan fingerprint density at radius 1 is 0.647 bits per heavy atom. The summed E-state index contributed by atoms with van der Waals surface area (Å²) in [4.78, 5) is 13.9. The van der Waals surface area contributed by atoms with Crippen molar-refractivity contribution in [2.75, 3.05) is 26.3 Å². The van der Waals surface area contributed by atoms with Gasteiger partial charge < -0.3 is 14.4 Å². The second kappa shape index (κ2) is 24.1. The number of hydrogen-bond donors (Lipinski definition) is 0. The lowest BCUT2D eigenvalue weighted by Gasteiger charge is -2.20. The molecule has 0 atom stereocenters. The minimum absolute atomic E-state index is 0.116. The summed E-state index contributed by atoms with van der Waals surface area (Å²) in [6.07, 6.45) is 28.8. The third kappa shape index (κ3) is 18.7. The van der Waals surface area contributed by atoms with E-state index in [1.54, 1.807) is 0 Å². The third-order valence-electron chi connectivity index (χ3n) is 7.19. The molecule has 0 aromatic carbocycles. The van der Waals surface area contributed by atoms with Crippen LogP contribution < -0.4 is 0 Å². The van der Waals surface area contributed by atoms with E-state index in [4.69, 9.17) is 9.47 Å². The van der Waals surface area contributed by atoms with Crippen LogP contribution in [0.2, 0.25) is 0 Å². The SMILES string of the molecule is CCCCCCCCCC1OCCO1.CCCCCCCCCCCCN1CCCCCC1=O.